The van der Waals surface area contributed by atoms with E-state index in [1.54, 1.807) is 5.57 Å². The highest BCUT2D eigenvalue weighted by Crippen LogP contribution is 2.33. The maximum Gasteiger partial charge on any atom is 0.307 e. The Hall–Kier alpha value is -0.830. The lowest BCUT2D eigenvalue weighted by Gasteiger charge is -2.25. The molecule has 1 heterocycles. The zero-order valence-electron chi connectivity index (χ0n) is 9.34. The van der Waals surface area contributed by atoms with Crippen molar-refractivity contribution in [3.8, 4) is 0 Å². The Balaban J connectivity index is 1.97. The number of ether oxygens (including phenoxy) is 1. The molecular weight excluding hydrogens is 190 g/mol. The van der Waals surface area contributed by atoms with Gasteiger partial charge in [-0.25, -0.2) is 0 Å². The van der Waals surface area contributed by atoms with Gasteiger partial charge < -0.3 is 10.1 Å². The molecule has 84 valence electrons. The molecule has 0 fully saturated rings. The van der Waals surface area contributed by atoms with Gasteiger partial charge in [0.25, 0.3) is 0 Å². The van der Waals surface area contributed by atoms with Crippen molar-refractivity contribution in [2.45, 2.75) is 45.1 Å². The molecule has 0 saturated heterocycles. The first-order chi connectivity index (χ1) is 7.31. The predicted molar refractivity (Wildman–Crippen MR) is 58.5 cm³/mol. The van der Waals surface area contributed by atoms with Crippen molar-refractivity contribution in [3.63, 3.8) is 0 Å². The molecule has 0 radical (unpaired) electrons. The van der Waals surface area contributed by atoms with Crippen LogP contribution in [0.15, 0.2) is 11.1 Å². The Morgan fingerprint density at radius 3 is 3.13 bits per heavy atom. The van der Waals surface area contributed by atoms with E-state index in [4.69, 9.17) is 4.74 Å². The molecule has 3 heteroatoms. The lowest BCUT2D eigenvalue weighted by molar-refractivity contribution is -0.143. The second kappa shape index (κ2) is 4.79. The minimum Gasteiger partial charge on any atom is -0.466 e. The second-order valence-corrected chi connectivity index (χ2v) is 4.25. The summed E-state index contributed by atoms with van der Waals surface area (Å²) in [5, 5.41) is 3.42. The smallest absolute Gasteiger partial charge is 0.307 e. The number of hydrogen-bond acceptors (Lipinski definition) is 3. The SMILES string of the molecule is CCOC(=O)CC1NCCC2=C1CCC2. The molecule has 1 aliphatic heterocycles. The minimum atomic E-state index is -0.0735. The summed E-state index contributed by atoms with van der Waals surface area (Å²) in [6, 6.07) is 0.260. The van der Waals surface area contributed by atoms with Gasteiger partial charge in [0.05, 0.1) is 13.0 Å². The molecule has 1 N–H and O–H groups in total. The van der Waals surface area contributed by atoms with Gasteiger partial charge in [-0.3, -0.25) is 4.79 Å². The summed E-state index contributed by atoms with van der Waals surface area (Å²) in [5.41, 5.74) is 3.09. The Morgan fingerprint density at radius 2 is 2.33 bits per heavy atom. The van der Waals surface area contributed by atoms with Gasteiger partial charge in [-0.2, -0.15) is 0 Å². The van der Waals surface area contributed by atoms with Crippen LogP contribution in [0.5, 0.6) is 0 Å². The van der Waals surface area contributed by atoms with E-state index < -0.39 is 0 Å². The van der Waals surface area contributed by atoms with Crippen LogP contribution < -0.4 is 5.32 Å². The lowest BCUT2D eigenvalue weighted by atomic mass is 9.95. The number of carbonyl (C=O) groups excluding carboxylic acids is 1. The molecule has 0 aromatic heterocycles. The van der Waals surface area contributed by atoms with Gasteiger partial charge in [0.2, 0.25) is 0 Å². The molecular formula is C12H19NO2. The molecule has 0 bridgehead atoms. The van der Waals surface area contributed by atoms with Gasteiger partial charge in [-0.15, -0.1) is 0 Å². The van der Waals surface area contributed by atoms with Crippen molar-refractivity contribution in [2.24, 2.45) is 0 Å². The molecule has 0 aromatic carbocycles. The third-order valence-corrected chi connectivity index (χ3v) is 3.29. The fourth-order valence-electron chi connectivity index (χ4n) is 2.64. The molecule has 0 spiro atoms. The largest absolute Gasteiger partial charge is 0.466 e. The van der Waals surface area contributed by atoms with Gasteiger partial charge in [0.1, 0.15) is 0 Å². The molecule has 1 aliphatic carbocycles. The van der Waals surface area contributed by atoms with Crippen LogP contribution in [0.25, 0.3) is 0 Å². The Morgan fingerprint density at radius 1 is 1.47 bits per heavy atom. The Kier molecular flexibility index (Phi) is 3.41. The van der Waals surface area contributed by atoms with Crippen molar-refractivity contribution < 1.29 is 9.53 Å². The highest BCUT2D eigenvalue weighted by atomic mass is 16.5. The zero-order valence-corrected chi connectivity index (χ0v) is 9.34. The number of esters is 1. The number of rotatable bonds is 3. The standard InChI is InChI=1S/C12H19NO2/c1-2-15-12(14)8-11-10-5-3-4-9(10)6-7-13-11/h11,13H,2-8H2,1H3. The summed E-state index contributed by atoms with van der Waals surface area (Å²) < 4.78 is 4.99. The minimum absolute atomic E-state index is 0.0735. The van der Waals surface area contributed by atoms with E-state index in [-0.39, 0.29) is 12.0 Å². The summed E-state index contributed by atoms with van der Waals surface area (Å²) in [6.45, 7) is 3.35. The van der Waals surface area contributed by atoms with Gasteiger partial charge in [-0.1, -0.05) is 11.1 Å². The molecule has 15 heavy (non-hydrogen) atoms. The number of carbonyl (C=O) groups is 1. The maximum atomic E-state index is 11.4. The molecule has 1 unspecified atom stereocenters. The number of hydrogen-bond donors (Lipinski definition) is 1. The summed E-state index contributed by atoms with van der Waals surface area (Å²) in [6.07, 6.45) is 5.37. The van der Waals surface area contributed by atoms with Crippen molar-refractivity contribution in [1.82, 2.24) is 5.32 Å². The first-order valence-corrected chi connectivity index (χ1v) is 5.91. The van der Waals surface area contributed by atoms with E-state index in [1.165, 1.54) is 31.3 Å². The first kappa shape index (κ1) is 10.7. The third kappa shape index (κ3) is 2.40. The highest BCUT2D eigenvalue weighted by Gasteiger charge is 2.27. The van der Waals surface area contributed by atoms with Crippen LogP contribution in [-0.2, 0) is 9.53 Å². The summed E-state index contributed by atoms with van der Waals surface area (Å²) in [5.74, 6) is -0.0735. The maximum absolute atomic E-state index is 11.4. The van der Waals surface area contributed by atoms with Crippen LogP contribution >= 0.6 is 0 Å². The average molecular weight is 209 g/mol. The predicted octanol–water partition coefficient (Wildman–Crippen LogP) is 1.78. The third-order valence-electron chi connectivity index (χ3n) is 3.29. The number of nitrogens with one attached hydrogen (secondary N) is 1. The Labute approximate surface area is 90.9 Å². The summed E-state index contributed by atoms with van der Waals surface area (Å²) >= 11 is 0. The van der Waals surface area contributed by atoms with E-state index in [0.717, 1.165) is 6.54 Å². The van der Waals surface area contributed by atoms with Crippen LogP contribution in [0.1, 0.15) is 39.0 Å². The van der Waals surface area contributed by atoms with E-state index in [1.807, 2.05) is 6.92 Å². The van der Waals surface area contributed by atoms with Gasteiger partial charge in [0, 0.05) is 6.04 Å². The lowest BCUT2D eigenvalue weighted by Crippen LogP contribution is -2.37. The van der Waals surface area contributed by atoms with Crippen LogP contribution in [0.2, 0.25) is 0 Å². The summed E-state index contributed by atoms with van der Waals surface area (Å²) in [7, 11) is 0. The molecule has 0 aromatic rings. The topological polar surface area (TPSA) is 38.3 Å². The van der Waals surface area contributed by atoms with Crippen molar-refractivity contribution >= 4 is 5.97 Å². The molecule has 0 saturated carbocycles. The first-order valence-electron chi connectivity index (χ1n) is 5.91. The molecule has 3 nitrogen and oxygen atoms in total. The second-order valence-electron chi connectivity index (χ2n) is 4.25. The molecule has 0 amide bonds. The molecule has 1 atom stereocenters. The quantitative estimate of drug-likeness (QED) is 0.569. The van der Waals surface area contributed by atoms with Gasteiger partial charge in [0.15, 0.2) is 0 Å². The fourth-order valence-corrected chi connectivity index (χ4v) is 2.64. The van der Waals surface area contributed by atoms with E-state index in [2.05, 4.69) is 5.32 Å². The van der Waals surface area contributed by atoms with Crippen LogP contribution in [0.3, 0.4) is 0 Å². The average Bonchev–Trinajstić information content (AvgIpc) is 2.67. The van der Waals surface area contributed by atoms with Crippen molar-refractivity contribution in [2.75, 3.05) is 13.2 Å². The van der Waals surface area contributed by atoms with Crippen molar-refractivity contribution in [3.05, 3.63) is 11.1 Å². The summed E-state index contributed by atoms with van der Waals surface area (Å²) in [4.78, 5) is 11.4. The molecule has 2 rings (SSSR count). The Bertz CT molecular complexity index is 283. The van der Waals surface area contributed by atoms with Gasteiger partial charge in [-0.05, 0) is 39.2 Å². The highest BCUT2D eigenvalue weighted by molar-refractivity contribution is 5.71. The molecule has 2 aliphatic rings. The monoisotopic (exact) mass is 209 g/mol. The normalized spacial score (nSPS) is 25.3. The zero-order chi connectivity index (χ0) is 10.7. The van der Waals surface area contributed by atoms with E-state index >= 15 is 0 Å². The van der Waals surface area contributed by atoms with E-state index in [9.17, 15) is 4.79 Å². The fraction of sp³-hybridized carbons (Fsp3) is 0.750. The van der Waals surface area contributed by atoms with Crippen LogP contribution in [-0.4, -0.2) is 25.2 Å². The van der Waals surface area contributed by atoms with Gasteiger partial charge >= 0.3 is 5.97 Å². The van der Waals surface area contributed by atoms with Crippen molar-refractivity contribution in [1.29, 1.82) is 0 Å². The van der Waals surface area contributed by atoms with Crippen LogP contribution in [0, 0.1) is 0 Å². The van der Waals surface area contributed by atoms with Crippen LogP contribution in [0.4, 0.5) is 0 Å². The van der Waals surface area contributed by atoms with E-state index in [0.29, 0.717) is 13.0 Å².